The third-order valence-corrected chi connectivity index (χ3v) is 5.25. The highest BCUT2D eigenvalue weighted by molar-refractivity contribution is 6.30. The summed E-state index contributed by atoms with van der Waals surface area (Å²) in [6, 6.07) is 3.95. The van der Waals surface area contributed by atoms with E-state index in [9.17, 15) is 9.59 Å². The van der Waals surface area contributed by atoms with Gasteiger partial charge in [0.1, 0.15) is 12.4 Å². The van der Waals surface area contributed by atoms with E-state index in [1.165, 1.54) is 11.0 Å². The number of carbonyl (C=O) groups excluding carboxylic acids is 2. The molecular weight excluding hydrogens is 406 g/mol. The topological polar surface area (TPSA) is 119 Å². The van der Waals surface area contributed by atoms with Crippen LogP contribution in [0, 0.1) is 5.41 Å². The first kappa shape index (κ1) is 20.7. The lowest BCUT2D eigenvalue weighted by Crippen LogP contribution is -2.51. The van der Waals surface area contributed by atoms with Crippen LogP contribution in [0.2, 0.25) is 5.02 Å². The fourth-order valence-corrected chi connectivity index (χ4v) is 3.88. The summed E-state index contributed by atoms with van der Waals surface area (Å²) < 4.78 is 9.11. The number of likely N-dealkylation sites (tertiary alicyclic amines) is 1. The van der Waals surface area contributed by atoms with Crippen LogP contribution < -0.4 is 11.1 Å². The number of nitrogens with two attached hydrogens (primary N) is 1. The summed E-state index contributed by atoms with van der Waals surface area (Å²) in [7, 11) is 0. The van der Waals surface area contributed by atoms with Gasteiger partial charge in [0, 0.05) is 19.5 Å². The number of nitrogens with zero attached hydrogens (tertiary/aromatic N) is 5. The van der Waals surface area contributed by atoms with Gasteiger partial charge in [0.15, 0.2) is 0 Å². The largest absolute Gasteiger partial charge is 0.350 e. The highest BCUT2D eigenvalue weighted by Crippen LogP contribution is 2.24. The molecule has 2 aromatic rings. The number of amides is 2. The molecule has 1 aliphatic rings. The predicted molar refractivity (Wildman–Crippen MR) is 113 cm³/mol. The standard InChI is InChI=1S/C20H28ClN7O2/c1-20(2,3)10-15(22)19(30)27-8-4-5-17(27)18(29)23-11-13-9-14(21)6-7-16(13)28-12-24-25-26-28/h6-7,9,12,15,17H,4-5,8,10-11,22H2,1-3H3,(H,23,29)/t15-,17-/m0/s1/i1D. The van der Waals surface area contributed by atoms with E-state index < -0.39 is 12.1 Å². The van der Waals surface area contributed by atoms with Gasteiger partial charge in [-0.3, -0.25) is 9.59 Å². The average molecular weight is 435 g/mol. The predicted octanol–water partition coefficient (Wildman–Crippen LogP) is 1.69. The minimum Gasteiger partial charge on any atom is -0.350 e. The summed E-state index contributed by atoms with van der Waals surface area (Å²) >= 11 is 6.13. The molecule has 2 heterocycles. The molecule has 0 aliphatic carbocycles. The SMILES string of the molecule is [2H]CC(C)(C)C[C@H](N)C(=O)N1CCC[C@H]1C(=O)NCc1cc(Cl)ccc1-n1cnnn1. The number of benzene rings is 1. The van der Waals surface area contributed by atoms with Gasteiger partial charge in [-0.2, -0.15) is 0 Å². The zero-order valence-corrected chi connectivity index (χ0v) is 18.0. The highest BCUT2D eigenvalue weighted by atomic mass is 35.5. The summed E-state index contributed by atoms with van der Waals surface area (Å²) in [5, 5.41) is 14.6. The van der Waals surface area contributed by atoms with Crippen molar-refractivity contribution in [1.29, 1.82) is 0 Å². The van der Waals surface area contributed by atoms with Gasteiger partial charge in [-0.25, -0.2) is 4.68 Å². The van der Waals surface area contributed by atoms with Gasteiger partial charge >= 0.3 is 0 Å². The van der Waals surface area contributed by atoms with E-state index in [-0.39, 0.29) is 30.7 Å². The first-order valence-corrected chi connectivity index (χ1v) is 10.2. The van der Waals surface area contributed by atoms with Gasteiger partial charge in [0.25, 0.3) is 0 Å². The maximum Gasteiger partial charge on any atom is 0.243 e. The van der Waals surface area contributed by atoms with Crippen molar-refractivity contribution >= 4 is 23.4 Å². The quantitative estimate of drug-likeness (QED) is 0.713. The van der Waals surface area contributed by atoms with E-state index in [0.29, 0.717) is 30.1 Å². The molecule has 1 saturated heterocycles. The number of halogens is 1. The number of hydrogen-bond acceptors (Lipinski definition) is 6. The maximum absolute atomic E-state index is 12.9. The van der Waals surface area contributed by atoms with Gasteiger partial charge in [0.2, 0.25) is 11.8 Å². The molecule has 30 heavy (non-hydrogen) atoms. The number of nitrogens with one attached hydrogen (secondary N) is 1. The molecule has 0 saturated carbocycles. The molecule has 2 atom stereocenters. The van der Waals surface area contributed by atoms with Crippen LogP contribution >= 0.6 is 11.6 Å². The van der Waals surface area contributed by atoms with Crippen molar-refractivity contribution in [1.82, 2.24) is 30.4 Å². The fraction of sp³-hybridized carbons (Fsp3) is 0.550. The maximum atomic E-state index is 12.9. The second kappa shape index (κ2) is 9.09. The zero-order valence-electron chi connectivity index (χ0n) is 18.2. The summed E-state index contributed by atoms with van der Waals surface area (Å²) in [4.78, 5) is 27.4. The van der Waals surface area contributed by atoms with Crippen LogP contribution in [0.15, 0.2) is 24.5 Å². The van der Waals surface area contributed by atoms with Gasteiger partial charge in [-0.1, -0.05) is 32.3 Å². The molecule has 10 heteroatoms. The second-order valence-corrected chi connectivity index (χ2v) is 8.85. The lowest BCUT2D eigenvalue weighted by Gasteiger charge is -2.29. The van der Waals surface area contributed by atoms with E-state index >= 15 is 0 Å². The molecule has 162 valence electrons. The Balaban J connectivity index is 1.67. The molecule has 0 unspecified atom stereocenters. The van der Waals surface area contributed by atoms with Crippen LogP contribution in [0.5, 0.6) is 0 Å². The molecule has 3 rings (SSSR count). The van der Waals surface area contributed by atoms with Crippen LogP contribution in [-0.4, -0.2) is 55.5 Å². The Bertz CT molecular complexity index is 922. The average Bonchev–Trinajstić information content (AvgIpc) is 3.43. The Hall–Kier alpha value is -2.52. The van der Waals surface area contributed by atoms with Crippen molar-refractivity contribution in [3.05, 3.63) is 35.1 Å². The minimum atomic E-state index is -0.729. The van der Waals surface area contributed by atoms with Crippen molar-refractivity contribution < 1.29 is 11.0 Å². The summed E-state index contributed by atoms with van der Waals surface area (Å²) in [6.07, 6.45) is 3.19. The van der Waals surface area contributed by atoms with Crippen molar-refractivity contribution in [2.24, 2.45) is 11.1 Å². The van der Waals surface area contributed by atoms with E-state index in [0.717, 1.165) is 12.0 Å². The van der Waals surface area contributed by atoms with Crippen LogP contribution in [0.4, 0.5) is 0 Å². The summed E-state index contributed by atoms with van der Waals surface area (Å²) in [5.41, 5.74) is 7.23. The molecule has 1 aromatic heterocycles. The Morgan fingerprint density at radius 1 is 1.47 bits per heavy atom. The van der Waals surface area contributed by atoms with E-state index in [1.54, 1.807) is 23.1 Å². The van der Waals surface area contributed by atoms with Crippen LogP contribution in [-0.2, 0) is 16.1 Å². The summed E-state index contributed by atoms with van der Waals surface area (Å²) in [6.45, 7) is 4.72. The van der Waals surface area contributed by atoms with Crippen LogP contribution in [0.3, 0.4) is 0 Å². The molecule has 1 aromatic carbocycles. The Morgan fingerprint density at radius 3 is 2.97 bits per heavy atom. The van der Waals surface area contributed by atoms with E-state index in [1.807, 2.05) is 13.8 Å². The smallest absolute Gasteiger partial charge is 0.243 e. The Labute approximate surface area is 182 Å². The molecule has 2 amide bonds. The molecule has 1 aliphatic heterocycles. The third kappa shape index (κ3) is 5.34. The second-order valence-electron chi connectivity index (χ2n) is 8.41. The monoisotopic (exact) mass is 434 g/mol. The van der Waals surface area contributed by atoms with Gasteiger partial charge in [0.05, 0.1) is 11.7 Å². The number of hydrogen-bond donors (Lipinski definition) is 2. The number of rotatable bonds is 6. The lowest BCUT2D eigenvalue weighted by atomic mass is 9.88. The molecule has 0 bridgehead atoms. The Kier molecular flexibility index (Phi) is 6.29. The number of aromatic nitrogens is 4. The molecule has 3 N–H and O–H groups in total. The first-order chi connectivity index (χ1) is 14.7. The summed E-state index contributed by atoms with van der Waals surface area (Å²) in [5.74, 6) is -0.475. The number of carbonyl (C=O) groups is 2. The van der Waals surface area contributed by atoms with E-state index in [4.69, 9.17) is 18.7 Å². The van der Waals surface area contributed by atoms with Crippen LogP contribution in [0.25, 0.3) is 5.69 Å². The van der Waals surface area contributed by atoms with Gasteiger partial charge in [-0.15, -0.1) is 5.10 Å². The zero-order chi connectivity index (χ0) is 22.6. The first-order valence-electron chi connectivity index (χ1n) is 10.6. The molecular formula is C20H28ClN7O2. The highest BCUT2D eigenvalue weighted by Gasteiger charge is 2.37. The molecule has 1 fully saturated rings. The minimum absolute atomic E-state index is 0.182. The molecule has 9 nitrogen and oxygen atoms in total. The van der Waals surface area contributed by atoms with Crippen LogP contribution in [0.1, 0.15) is 46.9 Å². The van der Waals surface area contributed by atoms with Gasteiger partial charge < -0.3 is 16.0 Å². The Morgan fingerprint density at radius 2 is 2.27 bits per heavy atom. The number of tetrazole rings is 1. The fourth-order valence-electron chi connectivity index (χ4n) is 3.69. The molecule has 0 spiro atoms. The molecule has 0 radical (unpaired) electrons. The van der Waals surface area contributed by atoms with Crippen molar-refractivity contribution in [2.75, 3.05) is 6.54 Å². The van der Waals surface area contributed by atoms with Crippen molar-refractivity contribution in [3.63, 3.8) is 0 Å². The van der Waals surface area contributed by atoms with E-state index in [2.05, 4.69) is 20.8 Å². The van der Waals surface area contributed by atoms with Gasteiger partial charge in [-0.05, 0) is 58.9 Å². The normalized spacial score (nSPS) is 18.2. The van der Waals surface area contributed by atoms with Crippen molar-refractivity contribution in [2.45, 2.75) is 58.6 Å². The third-order valence-electron chi connectivity index (χ3n) is 5.02. The lowest BCUT2D eigenvalue weighted by molar-refractivity contribution is -0.139. The van der Waals surface area contributed by atoms with Crippen molar-refractivity contribution in [3.8, 4) is 5.69 Å².